The molecule has 3 atom stereocenters. The Morgan fingerprint density at radius 3 is 2.50 bits per heavy atom. The van der Waals surface area contributed by atoms with E-state index in [2.05, 4.69) is 22.5 Å². The smallest absolute Gasteiger partial charge is 0.410 e. The number of nitrogens with one attached hydrogen (secondary N) is 2. The van der Waals surface area contributed by atoms with Crippen LogP contribution in [0.3, 0.4) is 0 Å². The van der Waals surface area contributed by atoms with Crippen LogP contribution >= 0.6 is 0 Å². The predicted molar refractivity (Wildman–Crippen MR) is 166 cm³/mol. The first kappa shape index (κ1) is 31.2. The number of aromatic nitrogens is 2. The molecule has 2 heterocycles. The summed E-state index contributed by atoms with van der Waals surface area (Å²) in [6.45, 7) is 6.94. The lowest BCUT2D eigenvalue weighted by molar-refractivity contribution is -0.130. The van der Waals surface area contributed by atoms with E-state index in [1.54, 1.807) is 31.3 Å². The van der Waals surface area contributed by atoms with Crippen molar-refractivity contribution >= 4 is 23.7 Å². The fourth-order valence-corrected chi connectivity index (χ4v) is 5.55. The average molecular weight is 603 g/mol. The van der Waals surface area contributed by atoms with E-state index in [0.29, 0.717) is 31.2 Å². The van der Waals surface area contributed by atoms with Crippen LogP contribution in [-0.2, 0) is 32.1 Å². The SMILES string of the molecule is CC1CCN(C(=O)O[C@@H]2Cc3ccccc3C2n2cnc(NC(=O)[C@@H](COCc3ccccc3)NC(=O)C(C)(C)N)c2)CC1. The Balaban J connectivity index is 1.28. The lowest BCUT2D eigenvalue weighted by atomic mass is 10.00. The highest BCUT2D eigenvalue weighted by molar-refractivity contribution is 5.98. The van der Waals surface area contributed by atoms with Gasteiger partial charge in [-0.05, 0) is 49.3 Å². The van der Waals surface area contributed by atoms with Crippen molar-refractivity contribution in [2.45, 2.75) is 70.4 Å². The number of ether oxygens (including phenoxy) is 2. The number of hydrogen-bond donors (Lipinski definition) is 3. The molecule has 0 spiro atoms. The number of hydrogen-bond acceptors (Lipinski definition) is 7. The van der Waals surface area contributed by atoms with Gasteiger partial charge in [0.15, 0.2) is 5.82 Å². The molecule has 11 nitrogen and oxygen atoms in total. The highest BCUT2D eigenvalue weighted by Gasteiger charge is 2.38. The summed E-state index contributed by atoms with van der Waals surface area (Å²) in [5.41, 5.74) is 7.87. The molecule has 4 N–H and O–H groups in total. The van der Waals surface area contributed by atoms with Gasteiger partial charge in [0, 0.05) is 25.7 Å². The van der Waals surface area contributed by atoms with Crippen LogP contribution in [0.2, 0.25) is 0 Å². The zero-order valence-electron chi connectivity index (χ0n) is 25.6. The van der Waals surface area contributed by atoms with E-state index >= 15 is 0 Å². The minimum Gasteiger partial charge on any atom is -0.443 e. The van der Waals surface area contributed by atoms with E-state index in [9.17, 15) is 14.4 Å². The molecule has 44 heavy (non-hydrogen) atoms. The van der Waals surface area contributed by atoms with E-state index in [1.165, 1.54) is 0 Å². The topological polar surface area (TPSA) is 141 Å². The van der Waals surface area contributed by atoms with Crippen molar-refractivity contribution in [3.8, 4) is 0 Å². The van der Waals surface area contributed by atoms with Crippen molar-refractivity contribution in [1.82, 2.24) is 19.8 Å². The van der Waals surface area contributed by atoms with Gasteiger partial charge in [0.2, 0.25) is 5.91 Å². The monoisotopic (exact) mass is 602 g/mol. The van der Waals surface area contributed by atoms with Gasteiger partial charge in [-0.15, -0.1) is 0 Å². The molecule has 1 saturated heterocycles. The summed E-state index contributed by atoms with van der Waals surface area (Å²) in [5, 5.41) is 5.51. The van der Waals surface area contributed by atoms with Crippen molar-refractivity contribution < 1.29 is 23.9 Å². The van der Waals surface area contributed by atoms with Crippen LogP contribution in [0, 0.1) is 5.92 Å². The second-order valence-electron chi connectivity index (χ2n) is 12.4. The number of piperidine rings is 1. The molecule has 1 fully saturated rings. The van der Waals surface area contributed by atoms with Crippen molar-refractivity contribution in [2.24, 2.45) is 11.7 Å². The Morgan fingerprint density at radius 2 is 1.77 bits per heavy atom. The van der Waals surface area contributed by atoms with E-state index in [-0.39, 0.29) is 25.3 Å². The molecule has 234 valence electrons. The summed E-state index contributed by atoms with van der Waals surface area (Å²) in [6, 6.07) is 16.2. The third kappa shape index (κ3) is 7.64. The number of fused-ring (bicyclic) bond motifs is 1. The molecule has 1 aliphatic carbocycles. The van der Waals surface area contributed by atoms with Gasteiger partial charge in [0.05, 0.1) is 31.1 Å². The van der Waals surface area contributed by atoms with Gasteiger partial charge in [-0.25, -0.2) is 9.78 Å². The largest absolute Gasteiger partial charge is 0.443 e. The van der Waals surface area contributed by atoms with Crippen molar-refractivity contribution in [3.63, 3.8) is 0 Å². The van der Waals surface area contributed by atoms with Gasteiger partial charge in [0.25, 0.3) is 5.91 Å². The minimum atomic E-state index is -1.19. The molecule has 0 saturated carbocycles. The standard InChI is InChI=1S/C33H42N6O5/c1-22-13-15-38(16-14-22)32(42)44-27-17-24-11-7-8-12-25(24)29(27)39-18-28(35-21-39)37-30(40)26(36-31(41)33(2,3)34)20-43-19-23-9-5-4-6-10-23/h4-12,18,21-22,26-27,29H,13-17,19-20,34H2,1-3H3,(H,36,41)(H,37,40)/t26-,27-,29?/m1/s1. The number of imidazole rings is 1. The molecule has 0 radical (unpaired) electrons. The average Bonchev–Trinajstić information content (AvgIpc) is 3.60. The van der Waals surface area contributed by atoms with Crippen molar-refractivity contribution in [2.75, 3.05) is 25.0 Å². The third-order valence-corrected chi connectivity index (χ3v) is 8.22. The van der Waals surface area contributed by atoms with E-state index < -0.39 is 29.5 Å². The number of nitrogens with two attached hydrogens (primary N) is 1. The summed E-state index contributed by atoms with van der Waals surface area (Å²) in [5.74, 6) is -0.0760. The fourth-order valence-electron chi connectivity index (χ4n) is 5.55. The molecule has 1 aliphatic heterocycles. The van der Waals surface area contributed by atoms with Gasteiger partial charge >= 0.3 is 6.09 Å². The molecular formula is C33H42N6O5. The summed E-state index contributed by atoms with van der Waals surface area (Å²) in [6.07, 6.45) is 5.12. The molecule has 3 aromatic rings. The van der Waals surface area contributed by atoms with Gasteiger partial charge in [-0.2, -0.15) is 0 Å². The zero-order chi connectivity index (χ0) is 31.3. The Labute approximate surface area is 258 Å². The highest BCUT2D eigenvalue weighted by Crippen LogP contribution is 2.37. The van der Waals surface area contributed by atoms with Gasteiger partial charge in [-0.3, -0.25) is 9.59 Å². The maximum Gasteiger partial charge on any atom is 0.410 e. The number of anilines is 1. The number of nitrogens with zero attached hydrogens (tertiary/aromatic N) is 3. The molecule has 1 unspecified atom stereocenters. The number of likely N-dealkylation sites (tertiary alicyclic amines) is 1. The number of carbonyl (C=O) groups is 3. The van der Waals surface area contributed by atoms with Crippen LogP contribution in [0.25, 0.3) is 0 Å². The zero-order valence-corrected chi connectivity index (χ0v) is 25.6. The van der Waals surface area contributed by atoms with Gasteiger partial charge < -0.3 is 35.3 Å². The Morgan fingerprint density at radius 1 is 1.07 bits per heavy atom. The Hall–Kier alpha value is -4.22. The predicted octanol–water partition coefficient (Wildman–Crippen LogP) is 3.64. The summed E-state index contributed by atoms with van der Waals surface area (Å²) >= 11 is 0. The fraction of sp³-hybridized carbons (Fsp3) is 0.455. The number of rotatable bonds is 10. The minimum absolute atomic E-state index is 0.0629. The molecule has 5 rings (SSSR count). The van der Waals surface area contributed by atoms with E-state index in [4.69, 9.17) is 15.2 Å². The van der Waals surface area contributed by atoms with Crippen LogP contribution in [0.1, 0.15) is 56.3 Å². The van der Waals surface area contributed by atoms with Crippen molar-refractivity contribution in [1.29, 1.82) is 0 Å². The van der Waals surface area contributed by atoms with Crippen LogP contribution < -0.4 is 16.4 Å². The summed E-state index contributed by atoms with van der Waals surface area (Å²) in [4.78, 5) is 45.4. The quantitative estimate of drug-likeness (QED) is 0.322. The molecule has 2 aromatic carbocycles. The first-order valence-corrected chi connectivity index (χ1v) is 15.2. The highest BCUT2D eigenvalue weighted by atomic mass is 16.6. The van der Waals surface area contributed by atoms with Crippen LogP contribution in [0.15, 0.2) is 67.1 Å². The van der Waals surface area contributed by atoms with Crippen molar-refractivity contribution in [3.05, 3.63) is 83.8 Å². The molecule has 1 aromatic heterocycles. The molecule has 2 aliphatic rings. The van der Waals surface area contributed by atoms with E-state index in [0.717, 1.165) is 29.5 Å². The van der Waals surface area contributed by atoms with Gasteiger partial charge in [0.1, 0.15) is 12.1 Å². The molecule has 3 amide bonds. The maximum absolute atomic E-state index is 13.4. The van der Waals surface area contributed by atoms with Crippen LogP contribution in [-0.4, -0.2) is 69.7 Å². The summed E-state index contributed by atoms with van der Waals surface area (Å²) in [7, 11) is 0. The normalized spacial score (nSPS) is 19.2. The molecular weight excluding hydrogens is 560 g/mol. The molecule has 11 heteroatoms. The van der Waals surface area contributed by atoms with Gasteiger partial charge in [-0.1, -0.05) is 61.5 Å². The lowest BCUT2D eigenvalue weighted by Gasteiger charge is -2.31. The van der Waals surface area contributed by atoms with E-state index in [1.807, 2.05) is 59.2 Å². The maximum atomic E-state index is 13.4. The second kappa shape index (κ2) is 13.6. The first-order chi connectivity index (χ1) is 21.1. The first-order valence-electron chi connectivity index (χ1n) is 15.2. The Bertz CT molecular complexity index is 1440. The Kier molecular flexibility index (Phi) is 9.65. The number of carbonyl (C=O) groups excluding carboxylic acids is 3. The lowest BCUT2D eigenvalue weighted by Crippen LogP contribution is -2.56. The summed E-state index contributed by atoms with van der Waals surface area (Å²) < 4.78 is 13.7. The third-order valence-electron chi connectivity index (χ3n) is 8.22. The number of amides is 3. The van der Waals surface area contributed by atoms with Crippen LogP contribution in [0.4, 0.5) is 10.6 Å². The van der Waals surface area contributed by atoms with Crippen LogP contribution in [0.5, 0.6) is 0 Å². The second-order valence-corrected chi connectivity index (χ2v) is 12.4. The number of benzene rings is 2. The molecule has 0 bridgehead atoms.